The van der Waals surface area contributed by atoms with Gasteiger partial charge in [0.05, 0.1) is 13.0 Å². The average Bonchev–Trinajstić information content (AvgIpc) is 2.75. The van der Waals surface area contributed by atoms with E-state index in [0.717, 1.165) is 30.1 Å². The number of nitrogens with zero attached hydrogens (tertiary/aromatic N) is 2. The van der Waals surface area contributed by atoms with Gasteiger partial charge in [-0.05, 0) is 5.56 Å². The molecule has 96 valence electrons. The van der Waals surface area contributed by atoms with Gasteiger partial charge in [0.2, 0.25) is 0 Å². The summed E-state index contributed by atoms with van der Waals surface area (Å²) in [5, 5.41) is 8.70. The van der Waals surface area contributed by atoms with Crippen LogP contribution in [0.4, 0.5) is 0 Å². The predicted octanol–water partition coefficient (Wildman–Crippen LogP) is 0.853. The van der Waals surface area contributed by atoms with E-state index in [4.69, 9.17) is 10.8 Å². The molecular weight excluding hydrogens is 230 g/mol. The van der Waals surface area contributed by atoms with Crippen LogP contribution in [-0.4, -0.2) is 41.9 Å². The predicted molar refractivity (Wildman–Crippen MR) is 69.7 cm³/mol. The molecular formula is C13H17N3O2. The molecule has 1 unspecified atom stereocenters. The van der Waals surface area contributed by atoms with E-state index in [1.807, 2.05) is 31.3 Å². The van der Waals surface area contributed by atoms with Crippen LogP contribution < -0.4 is 5.73 Å². The zero-order valence-electron chi connectivity index (χ0n) is 10.3. The number of aliphatic imine (C=N–C) groups is 1. The van der Waals surface area contributed by atoms with E-state index in [-0.39, 0.29) is 6.42 Å². The van der Waals surface area contributed by atoms with Crippen LogP contribution in [0.15, 0.2) is 29.3 Å². The number of hydrogen-bond donors (Lipinski definition) is 2. The number of aliphatic carboxylic acids is 1. The summed E-state index contributed by atoms with van der Waals surface area (Å²) in [5.74, 6) is 0.0971. The molecule has 5 nitrogen and oxygen atoms in total. The van der Waals surface area contributed by atoms with Crippen molar-refractivity contribution < 1.29 is 9.90 Å². The quantitative estimate of drug-likeness (QED) is 0.826. The van der Waals surface area contributed by atoms with E-state index in [2.05, 4.69) is 9.89 Å². The van der Waals surface area contributed by atoms with E-state index >= 15 is 0 Å². The molecule has 0 bridgehead atoms. The Kier molecular flexibility index (Phi) is 3.62. The van der Waals surface area contributed by atoms with Crippen molar-refractivity contribution in [2.45, 2.75) is 12.5 Å². The standard InChI is InChI=1S/C13H17N3O2/c1-16-7-6-15-13(16)10-4-2-9(3-5-10)11(14)8-12(17)18/h2-5,11H,6-8,14H2,1H3,(H,17,18). The fourth-order valence-electron chi connectivity index (χ4n) is 2.03. The van der Waals surface area contributed by atoms with Gasteiger partial charge in [0.1, 0.15) is 5.84 Å². The van der Waals surface area contributed by atoms with Crippen molar-refractivity contribution in [1.82, 2.24) is 4.90 Å². The maximum absolute atomic E-state index is 10.6. The molecule has 1 atom stereocenters. The Morgan fingerprint density at radius 1 is 1.50 bits per heavy atom. The molecule has 0 radical (unpaired) electrons. The Morgan fingerprint density at radius 3 is 2.67 bits per heavy atom. The Morgan fingerprint density at radius 2 is 2.17 bits per heavy atom. The number of rotatable bonds is 4. The number of amidine groups is 1. The van der Waals surface area contributed by atoms with Gasteiger partial charge in [-0.3, -0.25) is 9.79 Å². The minimum absolute atomic E-state index is 0.0554. The van der Waals surface area contributed by atoms with E-state index < -0.39 is 12.0 Å². The van der Waals surface area contributed by atoms with Gasteiger partial charge in [-0.1, -0.05) is 24.3 Å². The molecule has 0 fully saturated rings. The molecule has 18 heavy (non-hydrogen) atoms. The summed E-state index contributed by atoms with van der Waals surface area (Å²) in [6, 6.07) is 7.17. The largest absolute Gasteiger partial charge is 0.481 e. The SMILES string of the molecule is CN1CCN=C1c1ccc(C(N)CC(=O)O)cc1. The maximum Gasteiger partial charge on any atom is 0.305 e. The van der Waals surface area contributed by atoms with Gasteiger partial charge < -0.3 is 15.7 Å². The topological polar surface area (TPSA) is 78.9 Å². The molecule has 0 saturated heterocycles. The molecule has 0 spiro atoms. The molecule has 2 rings (SSSR count). The highest BCUT2D eigenvalue weighted by molar-refractivity contribution is 5.99. The van der Waals surface area contributed by atoms with Crippen LogP contribution in [0.1, 0.15) is 23.6 Å². The van der Waals surface area contributed by atoms with Crippen molar-refractivity contribution in [2.75, 3.05) is 20.1 Å². The first-order valence-electron chi connectivity index (χ1n) is 5.91. The Balaban J connectivity index is 2.12. The summed E-state index contributed by atoms with van der Waals surface area (Å²) in [4.78, 5) is 17.1. The first kappa shape index (κ1) is 12.6. The fraction of sp³-hybridized carbons (Fsp3) is 0.385. The summed E-state index contributed by atoms with van der Waals surface area (Å²) in [7, 11) is 2.01. The molecule has 5 heteroatoms. The van der Waals surface area contributed by atoms with E-state index in [0.29, 0.717) is 0 Å². The Labute approximate surface area is 106 Å². The third kappa shape index (κ3) is 2.68. The van der Waals surface area contributed by atoms with Crippen LogP contribution in [0, 0.1) is 0 Å². The number of carbonyl (C=O) groups is 1. The Hall–Kier alpha value is -1.88. The Bertz CT molecular complexity index is 468. The van der Waals surface area contributed by atoms with Crippen LogP contribution >= 0.6 is 0 Å². The minimum atomic E-state index is -0.883. The number of carboxylic acids is 1. The molecule has 0 saturated carbocycles. The summed E-state index contributed by atoms with van der Waals surface area (Å²) < 4.78 is 0. The van der Waals surface area contributed by atoms with Gasteiger partial charge in [-0.15, -0.1) is 0 Å². The van der Waals surface area contributed by atoms with Crippen LogP contribution in [0.25, 0.3) is 0 Å². The zero-order chi connectivity index (χ0) is 13.1. The van der Waals surface area contributed by atoms with E-state index in [9.17, 15) is 4.79 Å². The minimum Gasteiger partial charge on any atom is -0.481 e. The normalized spacial score (nSPS) is 16.6. The fourth-order valence-corrected chi connectivity index (χ4v) is 2.03. The highest BCUT2D eigenvalue weighted by Crippen LogP contribution is 2.17. The number of likely N-dealkylation sites (N-methyl/N-ethyl adjacent to an activating group) is 1. The monoisotopic (exact) mass is 247 g/mol. The second kappa shape index (κ2) is 5.18. The van der Waals surface area contributed by atoms with Crippen LogP contribution in [0.2, 0.25) is 0 Å². The summed E-state index contributed by atoms with van der Waals surface area (Å²) >= 11 is 0. The molecule has 1 aliphatic heterocycles. The zero-order valence-corrected chi connectivity index (χ0v) is 10.3. The number of benzene rings is 1. The van der Waals surface area contributed by atoms with E-state index in [1.165, 1.54) is 0 Å². The highest BCUT2D eigenvalue weighted by atomic mass is 16.4. The van der Waals surface area contributed by atoms with Crippen LogP contribution in [-0.2, 0) is 4.79 Å². The molecule has 3 N–H and O–H groups in total. The van der Waals surface area contributed by atoms with Crippen LogP contribution in [0.3, 0.4) is 0 Å². The summed E-state index contributed by atoms with van der Waals surface area (Å²) in [6.07, 6.45) is -0.0554. The van der Waals surface area contributed by atoms with Crippen molar-refractivity contribution >= 4 is 11.8 Å². The first-order valence-corrected chi connectivity index (χ1v) is 5.91. The second-order valence-electron chi connectivity index (χ2n) is 4.45. The molecule has 1 aromatic carbocycles. The maximum atomic E-state index is 10.6. The number of nitrogens with two attached hydrogens (primary N) is 1. The summed E-state index contributed by atoms with van der Waals surface area (Å²) in [5.41, 5.74) is 7.68. The lowest BCUT2D eigenvalue weighted by molar-refractivity contribution is -0.137. The second-order valence-corrected chi connectivity index (χ2v) is 4.45. The number of hydrogen-bond acceptors (Lipinski definition) is 4. The van der Waals surface area contributed by atoms with Gasteiger partial charge in [0, 0.05) is 25.2 Å². The number of carboxylic acid groups (broad SMARTS) is 1. The van der Waals surface area contributed by atoms with Gasteiger partial charge in [-0.2, -0.15) is 0 Å². The molecule has 1 heterocycles. The van der Waals surface area contributed by atoms with Crippen molar-refractivity contribution in [2.24, 2.45) is 10.7 Å². The van der Waals surface area contributed by atoms with Gasteiger partial charge >= 0.3 is 5.97 Å². The third-order valence-corrected chi connectivity index (χ3v) is 3.05. The van der Waals surface area contributed by atoms with Crippen molar-refractivity contribution in [1.29, 1.82) is 0 Å². The smallest absolute Gasteiger partial charge is 0.305 e. The van der Waals surface area contributed by atoms with Crippen molar-refractivity contribution in [3.8, 4) is 0 Å². The highest BCUT2D eigenvalue weighted by Gasteiger charge is 2.15. The third-order valence-electron chi connectivity index (χ3n) is 3.05. The lowest BCUT2D eigenvalue weighted by Gasteiger charge is -2.15. The first-order chi connectivity index (χ1) is 8.58. The van der Waals surface area contributed by atoms with Gasteiger partial charge in [0.25, 0.3) is 0 Å². The molecule has 0 aromatic heterocycles. The molecule has 1 aromatic rings. The van der Waals surface area contributed by atoms with Crippen molar-refractivity contribution in [3.05, 3.63) is 35.4 Å². The van der Waals surface area contributed by atoms with Gasteiger partial charge in [-0.25, -0.2) is 0 Å². The summed E-state index contributed by atoms with van der Waals surface area (Å²) in [6.45, 7) is 1.77. The van der Waals surface area contributed by atoms with Gasteiger partial charge in [0.15, 0.2) is 0 Å². The molecule has 0 amide bonds. The molecule has 0 aliphatic carbocycles. The van der Waals surface area contributed by atoms with E-state index in [1.54, 1.807) is 0 Å². The molecule has 1 aliphatic rings. The lowest BCUT2D eigenvalue weighted by atomic mass is 10.0. The lowest BCUT2D eigenvalue weighted by Crippen LogP contribution is -2.23. The van der Waals surface area contributed by atoms with Crippen molar-refractivity contribution in [3.63, 3.8) is 0 Å². The van der Waals surface area contributed by atoms with Crippen LogP contribution in [0.5, 0.6) is 0 Å². The average molecular weight is 247 g/mol.